The number of amides is 1. The van der Waals surface area contributed by atoms with Crippen LogP contribution in [0.2, 0.25) is 0 Å². The van der Waals surface area contributed by atoms with E-state index in [1.807, 2.05) is 6.92 Å². The Morgan fingerprint density at radius 2 is 1.56 bits per heavy atom. The minimum atomic E-state index is 0.190. The molecule has 0 aromatic rings. The Morgan fingerprint density at radius 3 is 2.17 bits per heavy atom. The van der Waals surface area contributed by atoms with E-state index < -0.39 is 0 Å². The average molecular weight is 257 g/mol. The van der Waals surface area contributed by atoms with Crippen LogP contribution in [-0.2, 0) is 4.79 Å². The Labute approximate surface area is 112 Å². The summed E-state index contributed by atoms with van der Waals surface area (Å²) < 4.78 is 0. The van der Waals surface area contributed by atoms with E-state index in [1.165, 1.54) is 25.7 Å². The van der Waals surface area contributed by atoms with Crippen LogP contribution < -0.4 is 16.4 Å². The van der Waals surface area contributed by atoms with Gasteiger partial charge in [-0.3, -0.25) is 4.79 Å². The van der Waals surface area contributed by atoms with Crippen molar-refractivity contribution in [1.29, 1.82) is 0 Å². The highest BCUT2D eigenvalue weighted by molar-refractivity contribution is 5.75. The highest BCUT2D eigenvalue weighted by Crippen LogP contribution is 1.95. The first-order valence-electron chi connectivity index (χ1n) is 7.48. The van der Waals surface area contributed by atoms with Crippen LogP contribution in [0.1, 0.15) is 58.3 Å². The van der Waals surface area contributed by atoms with Gasteiger partial charge in [0.1, 0.15) is 0 Å². The molecule has 108 valence electrons. The van der Waals surface area contributed by atoms with Gasteiger partial charge in [0.25, 0.3) is 0 Å². The molecule has 0 fully saturated rings. The fraction of sp³-hybridized carbons (Fsp3) is 0.929. The maximum absolute atomic E-state index is 11.2. The highest BCUT2D eigenvalue weighted by Gasteiger charge is 1.97. The van der Waals surface area contributed by atoms with E-state index in [-0.39, 0.29) is 5.91 Å². The van der Waals surface area contributed by atoms with Crippen molar-refractivity contribution in [3.05, 3.63) is 0 Å². The van der Waals surface area contributed by atoms with E-state index in [4.69, 9.17) is 5.73 Å². The van der Waals surface area contributed by atoms with Gasteiger partial charge >= 0.3 is 0 Å². The number of carbonyl (C=O) groups excluding carboxylic acids is 1. The monoisotopic (exact) mass is 257 g/mol. The number of hydrogen-bond donors (Lipinski definition) is 3. The number of hydrogen-bond acceptors (Lipinski definition) is 3. The third kappa shape index (κ3) is 13.5. The predicted molar refractivity (Wildman–Crippen MR) is 77.5 cm³/mol. The van der Waals surface area contributed by atoms with Crippen LogP contribution in [0.15, 0.2) is 0 Å². The van der Waals surface area contributed by atoms with Crippen LogP contribution >= 0.6 is 0 Å². The molecule has 1 amide bonds. The zero-order chi connectivity index (χ0) is 13.5. The van der Waals surface area contributed by atoms with E-state index in [0.29, 0.717) is 6.42 Å². The van der Waals surface area contributed by atoms with Crippen molar-refractivity contribution in [2.45, 2.75) is 58.3 Å². The molecular weight excluding hydrogens is 226 g/mol. The number of rotatable bonds is 13. The summed E-state index contributed by atoms with van der Waals surface area (Å²) in [5.41, 5.74) is 5.43. The van der Waals surface area contributed by atoms with Crippen molar-refractivity contribution < 1.29 is 4.79 Å². The van der Waals surface area contributed by atoms with Gasteiger partial charge in [0, 0.05) is 13.0 Å². The number of nitrogens with one attached hydrogen (secondary N) is 2. The van der Waals surface area contributed by atoms with Crippen LogP contribution in [0.3, 0.4) is 0 Å². The van der Waals surface area contributed by atoms with Crippen molar-refractivity contribution in [2.24, 2.45) is 5.73 Å². The molecule has 0 saturated heterocycles. The Kier molecular flexibility index (Phi) is 14.0. The van der Waals surface area contributed by atoms with Crippen molar-refractivity contribution in [3.8, 4) is 0 Å². The molecular formula is C14H31N3O. The molecule has 0 aliphatic carbocycles. The molecule has 0 spiro atoms. The average Bonchev–Trinajstić information content (AvgIpc) is 2.36. The van der Waals surface area contributed by atoms with Gasteiger partial charge in [-0.15, -0.1) is 0 Å². The Hall–Kier alpha value is -0.610. The quantitative estimate of drug-likeness (QED) is 0.441. The topological polar surface area (TPSA) is 67.2 Å². The molecule has 4 heteroatoms. The predicted octanol–water partition coefficient (Wildman–Crippen LogP) is 1.79. The molecule has 0 aromatic carbocycles. The van der Waals surface area contributed by atoms with Crippen molar-refractivity contribution in [2.75, 3.05) is 26.2 Å². The largest absolute Gasteiger partial charge is 0.356 e. The van der Waals surface area contributed by atoms with Gasteiger partial charge in [0.05, 0.1) is 0 Å². The van der Waals surface area contributed by atoms with Crippen molar-refractivity contribution in [1.82, 2.24) is 10.6 Å². The van der Waals surface area contributed by atoms with E-state index in [9.17, 15) is 4.79 Å². The highest BCUT2D eigenvalue weighted by atomic mass is 16.1. The van der Waals surface area contributed by atoms with Crippen molar-refractivity contribution in [3.63, 3.8) is 0 Å². The lowest BCUT2D eigenvalue weighted by Crippen LogP contribution is -2.24. The summed E-state index contributed by atoms with van der Waals surface area (Å²) in [4.78, 5) is 11.2. The molecule has 0 rings (SSSR count). The summed E-state index contributed by atoms with van der Waals surface area (Å²) in [5, 5.41) is 6.37. The first-order valence-corrected chi connectivity index (χ1v) is 7.48. The number of unbranched alkanes of at least 4 members (excludes halogenated alkanes) is 4. The maximum Gasteiger partial charge on any atom is 0.219 e. The SMILES string of the molecule is CCCC(=O)NCCCCCNCCCCCN. The first-order chi connectivity index (χ1) is 8.81. The minimum absolute atomic E-state index is 0.190. The smallest absolute Gasteiger partial charge is 0.219 e. The maximum atomic E-state index is 11.2. The molecule has 0 aromatic heterocycles. The zero-order valence-corrected chi connectivity index (χ0v) is 12.0. The van der Waals surface area contributed by atoms with Gasteiger partial charge in [-0.2, -0.15) is 0 Å². The molecule has 0 unspecified atom stereocenters. The van der Waals surface area contributed by atoms with Crippen LogP contribution in [0, 0.1) is 0 Å². The van der Waals surface area contributed by atoms with E-state index >= 15 is 0 Å². The molecule has 0 heterocycles. The fourth-order valence-electron chi connectivity index (χ4n) is 1.79. The number of nitrogens with two attached hydrogens (primary N) is 1. The summed E-state index contributed by atoms with van der Waals surface area (Å²) in [5.74, 6) is 0.190. The van der Waals surface area contributed by atoms with Crippen LogP contribution in [-0.4, -0.2) is 32.1 Å². The standard InChI is InChI=1S/C14H31N3O/c1-2-9-14(18)17-13-8-4-7-12-16-11-6-3-5-10-15/h16H,2-13,15H2,1H3,(H,17,18). The third-order valence-corrected chi connectivity index (χ3v) is 2.89. The van der Waals surface area contributed by atoms with Gasteiger partial charge in [0.2, 0.25) is 5.91 Å². The lowest BCUT2D eigenvalue weighted by Gasteiger charge is -2.05. The molecule has 0 aliphatic heterocycles. The molecule has 18 heavy (non-hydrogen) atoms. The second-order valence-corrected chi connectivity index (χ2v) is 4.76. The summed E-state index contributed by atoms with van der Waals surface area (Å²) in [7, 11) is 0. The Balaban J connectivity index is 3.01. The van der Waals surface area contributed by atoms with Crippen molar-refractivity contribution >= 4 is 5.91 Å². The first kappa shape index (κ1) is 17.4. The molecule has 0 saturated carbocycles. The molecule has 0 bridgehead atoms. The molecule has 0 aliphatic rings. The molecule has 0 atom stereocenters. The lowest BCUT2D eigenvalue weighted by atomic mass is 10.2. The third-order valence-electron chi connectivity index (χ3n) is 2.89. The summed E-state index contributed by atoms with van der Waals surface area (Å²) in [6.45, 7) is 5.86. The van der Waals surface area contributed by atoms with E-state index in [0.717, 1.165) is 45.4 Å². The summed E-state index contributed by atoms with van der Waals surface area (Å²) in [6.07, 6.45) is 8.65. The second-order valence-electron chi connectivity index (χ2n) is 4.76. The van der Waals surface area contributed by atoms with Crippen LogP contribution in [0.4, 0.5) is 0 Å². The summed E-state index contributed by atoms with van der Waals surface area (Å²) in [6, 6.07) is 0. The van der Waals surface area contributed by atoms with Gasteiger partial charge < -0.3 is 16.4 Å². The van der Waals surface area contributed by atoms with Gasteiger partial charge in [-0.05, 0) is 51.7 Å². The molecule has 0 radical (unpaired) electrons. The fourth-order valence-corrected chi connectivity index (χ4v) is 1.79. The molecule has 4 nitrogen and oxygen atoms in total. The van der Waals surface area contributed by atoms with Gasteiger partial charge in [-0.25, -0.2) is 0 Å². The second kappa shape index (κ2) is 14.5. The molecule has 4 N–H and O–H groups in total. The summed E-state index contributed by atoms with van der Waals surface area (Å²) >= 11 is 0. The normalized spacial score (nSPS) is 10.6. The Morgan fingerprint density at radius 1 is 0.944 bits per heavy atom. The van der Waals surface area contributed by atoms with E-state index in [2.05, 4.69) is 10.6 Å². The van der Waals surface area contributed by atoms with Gasteiger partial charge in [0.15, 0.2) is 0 Å². The number of carbonyl (C=O) groups is 1. The van der Waals surface area contributed by atoms with Crippen LogP contribution in [0.25, 0.3) is 0 Å². The van der Waals surface area contributed by atoms with E-state index in [1.54, 1.807) is 0 Å². The minimum Gasteiger partial charge on any atom is -0.356 e. The lowest BCUT2D eigenvalue weighted by molar-refractivity contribution is -0.121. The zero-order valence-electron chi connectivity index (χ0n) is 12.0. The Bertz CT molecular complexity index is 186. The van der Waals surface area contributed by atoms with Crippen LogP contribution in [0.5, 0.6) is 0 Å². The van der Waals surface area contributed by atoms with Gasteiger partial charge in [-0.1, -0.05) is 19.8 Å².